The van der Waals surface area contributed by atoms with Crippen LogP contribution in [0.4, 0.5) is 5.13 Å². The molecule has 0 aromatic carbocycles. The normalized spacial score (nSPS) is 12.6. The molecule has 1 aromatic rings. The van der Waals surface area contributed by atoms with E-state index in [0.29, 0.717) is 10.8 Å². The van der Waals surface area contributed by atoms with E-state index in [2.05, 4.69) is 11.9 Å². The second-order valence-corrected chi connectivity index (χ2v) is 3.55. The first-order valence-corrected chi connectivity index (χ1v) is 4.67. The molecule has 0 bridgehead atoms. The number of nitrogens with zero attached hydrogens (tertiary/aromatic N) is 2. The number of aromatic nitrogens is 1. The number of amides is 1. The first kappa shape index (κ1) is 10.4. The van der Waals surface area contributed by atoms with Crippen molar-refractivity contribution in [3.8, 4) is 0 Å². The lowest BCUT2D eigenvalue weighted by atomic mass is 10.3. The average molecular weight is 220 g/mol. The van der Waals surface area contributed by atoms with Crippen molar-refractivity contribution in [1.29, 1.82) is 0 Å². The minimum Gasteiger partial charge on any atom is -0.387 e. The molecule has 1 unspecified atom stereocenters. The Hall–Kier alpha value is -0.650. The van der Waals surface area contributed by atoms with E-state index in [1.165, 1.54) is 18.3 Å². The van der Waals surface area contributed by atoms with Crippen molar-refractivity contribution < 1.29 is 9.90 Å². The number of carbonyl (C=O) groups is 1. The number of carbonyl (C=O) groups excluding carboxylic acids is 1. The second kappa shape index (κ2) is 4.04. The zero-order valence-corrected chi connectivity index (χ0v) is 8.47. The summed E-state index contributed by atoms with van der Waals surface area (Å²) in [5.74, 6) is -0.318. The molecule has 0 aliphatic carbocycles. The largest absolute Gasteiger partial charge is 0.387 e. The quantitative estimate of drug-likeness (QED) is 0.768. The minimum absolute atomic E-state index is 0.318. The van der Waals surface area contributed by atoms with Gasteiger partial charge in [-0.1, -0.05) is 0 Å². The van der Waals surface area contributed by atoms with Gasteiger partial charge in [-0.2, -0.15) is 4.42 Å². The predicted molar refractivity (Wildman–Crippen MR) is 51.4 cm³/mol. The molecule has 1 atom stereocenters. The Morgan fingerprint density at radius 2 is 2.54 bits per heavy atom. The number of halogens is 1. The van der Waals surface area contributed by atoms with Crippen LogP contribution in [-0.2, 0) is 4.79 Å². The number of aliphatic hydroxyl groups excluding tert-OH is 1. The third kappa shape index (κ3) is 2.40. The van der Waals surface area contributed by atoms with Crippen molar-refractivity contribution in [1.82, 2.24) is 4.98 Å². The highest BCUT2D eigenvalue weighted by atomic mass is 35.5. The van der Waals surface area contributed by atoms with Crippen LogP contribution in [0, 0.1) is 6.92 Å². The predicted octanol–water partition coefficient (Wildman–Crippen LogP) is 1.52. The van der Waals surface area contributed by atoms with E-state index >= 15 is 0 Å². The average Bonchev–Trinajstić information content (AvgIpc) is 2.50. The van der Waals surface area contributed by atoms with Gasteiger partial charge in [0.25, 0.3) is 0 Å². The summed E-state index contributed by atoms with van der Waals surface area (Å²) >= 11 is 6.77. The van der Waals surface area contributed by atoms with Gasteiger partial charge in [0.15, 0.2) is 0 Å². The summed E-state index contributed by atoms with van der Waals surface area (Å²) in [5, 5.41) is 11.0. The van der Waals surface area contributed by atoms with Crippen LogP contribution in [0.3, 0.4) is 0 Å². The number of thiazole rings is 1. The molecule has 0 spiro atoms. The van der Waals surface area contributed by atoms with E-state index in [-0.39, 0.29) is 5.91 Å². The van der Waals surface area contributed by atoms with E-state index in [0.717, 1.165) is 4.42 Å². The summed E-state index contributed by atoms with van der Waals surface area (Å²) in [7, 11) is 0. The van der Waals surface area contributed by atoms with Gasteiger partial charge >= 0.3 is 0 Å². The lowest BCUT2D eigenvalue weighted by molar-refractivity contribution is -0.115. The van der Waals surface area contributed by atoms with E-state index in [1.54, 1.807) is 5.38 Å². The third-order valence-corrected chi connectivity index (χ3v) is 2.64. The molecule has 0 aliphatic heterocycles. The number of hydrogen-bond acceptors (Lipinski definition) is 4. The molecule has 1 N–H and O–H groups in total. The van der Waals surface area contributed by atoms with Crippen LogP contribution < -0.4 is 4.42 Å². The fourth-order valence-electron chi connectivity index (χ4n) is 0.654. The van der Waals surface area contributed by atoms with Gasteiger partial charge < -0.3 is 5.11 Å². The molecule has 6 heteroatoms. The Labute approximate surface area is 84.9 Å². The molecule has 0 saturated carbocycles. The van der Waals surface area contributed by atoms with E-state index < -0.39 is 6.10 Å². The van der Waals surface area contributed by atoms with Gasteiger partial charge in [-0.05, 0) is 6.92 Å². The van der Waals surface area contributed by atoms with Gasteiger partial charge in [0, 0.05) is 24.1 Å². The summed E-state index contributed by atoms with van der Waals surface area (Å²) in [5.41, 5.74) is 0.409. The molecule has 0 aliphatic rings. The summed E-state index contributed by atoms with van der Waals surface area (Å²) in [4.78, 5) is 14.7. The number of aliphatic hydroxyl groups is 1. The van der Waals surface area contributed by atoms with Crippen LogP contribution in [-0.4, -0.2) is 16.0 Å². The van der Waals surface area contributed by atoms with Crippen molar-refractivity contribution in [3.63, 3.8) is 0 Å². The zero-order chi connectivity index (χ0) is 10.0. The van der Waals surface area contributed by atoms with E-state index in [9.17, 15) is 4.79 Å². The number of rotatable bonds is 2. The van der Waals surface area contributed by atoms with E-state index in [1.807, 2.05) is 0 Å². The highest BCUT2D eigenvalue weighted by Crippen LogP contribution is 2.25. The van der Waals surface area contributed by atoms with Crippen LogP contribution in [0.25, 0.3) is 0 Å². The summed E-state index contributed by atoms with van der Waals surface area (Å²) in [6.07, 6.45) is -0.887. The van der Waals surface area contributed by atoms with Crippen molar-refractivity contribution in [2.45, 2.75) is 13.0 Å². The van der Waals surface area contributed by atoms with Gasteiger partial charge in [-0.15, -0.1) is 11.3 Å². The van der Waals surface area contributed by atoms with Gasteiger partial charge in [0.2, 0.25) is 11.0 Å². The smallest absolute Gasteiger partial charge is 0.240 e. The zero-order valence-electron chi connectivity index (χ0n) is 6.90. The van der Waals surface area contributed by atoms with Crippen LogP contribution >= 0.6 is 23.1 Å². The molecule has 4 nitrogen and oxygen atoms in total. The minimum atomic E-state index is -0.887. The highest BCUT2D eigenvalue weighted by molar-refractivity contribution is 7.14. The Bertz CT molecular complexity index is 313. The number of hydrogen-bond donors (Lipinski definition) is 1. The topological polar surface area (TPSA) is 53.4 Å². The van der Waals surface area contributed by atoms with Crippen molar-refractivity contribution >= 4 is 34.2 Å². The molecule has 1 amide bonds. The lowest BCUT2D eigenvalue weighted by Crippen LogP contribution is -2.16. The Kier molecular flexibility index (Phi) is 3.24. The van der Waals surface area contributed by atoms with Gasteiger partial charge in [-0.3, -0.25) is 4.79 Å². The van der Waals surface area contributed by atoms with Crippen LogP contribution in [0.1, 0.15) is 18.7 Å². The molecular formula is C7H8ClN2O2S. The van der Waals surface area contributed by atoms with Crippen molar-refractivity contribution in [2.75, 3.05) is 4.42 Å². The maximum atomic E-state index is 10.8. The molecule has 1 radical (unpaired) electrons. The first-order valence-electron chi connectivity index (χ1n) is 3.45. The second-order valence-electron chi connectivity index (χ2n) is 2.37. The van der Waals surface area contributed by atoms with Crippen molar-refractivity contribution in [2.24, 2.45) is 0 Å². The molecule has 1 heterocycles. The standard InChI is InChI=1S/C7H8ClN2O2S/c1-4(11)6-3-13-7(9-6)10(8)5(2)12/h3-4,11H,1H2,2H3. The maximum Gasteiger partial charge on any atom is 0.240 e. The van der Waals surface area contributed by atoms with Crippen molar-refractivity contribution in [3.05, 3.63) is 18.0 Å². The summed E-state index contributed by atoms with van der Waals surface area (Å²) < 4.78 is 0.899. The molecule has 71 valence electrons. The number of anilines is 1. The molecular weight excluding hydrogens is 212 g/mol. The Morgan fingerprint density at radius 3 is 2.92 bits per heavy atom. The van der Waals surface area contributed by atoms with Gasteiger partial charge in [0.05, 0.1) is 11.8 Å². The van der Waals surface area contributed by atoms with E-state index in [4.69, 9.17) is 16.9 Å². The fraction of sp³-hybridized carbons (Fsp3) is 0.286. The molecule has 0 saturated heterocycles. The monoisotopic (exact) mass is 219 g/mol. The molecule has 0 fully saturated rings. The summed E-state index contributed by atoms with van der Waals surface area (Å²) in [6, 6.07) is 0. The van der Waals surface area contributed by atoms with Crippen LogP contribution in [0.15, 0.2) is 5.38 Å². The lowest BCUT2D eigenvalue weighted by Gasteiger charge is -2.05. The fourth-order valence-corrected chi connectivity index (χ4v) is 1.63. The van der Waals surface area contributed by atoms with Gasteiger partial charge in [0.1, 0.15) is 0 Å². The van der Waals surface area contributed by atoms with Crippen LogP contribution in [0.5, 0.6) is 0 Å². The highest BCUT2D eigenvalue weighted by Gasteiger charge is 2.14. The third-order valence-electron chi connectivity index (χ3n) is 1.30. The SMILES string of the molecule is [CH2]C(O)c1csc(N(Cl)C(C)=O)n1. The molecule has 13 heavy (non-hydrogen) atoms. The molecule has 1 rings (SSSR count). The maximum absolute atomic E-state index is 10.8. The Balaban J connectivity index is 2.85. The van der Waals surface area contributed by atoms with Gasteiger partial charge in [-0.25, -0.2) is 4.98 Å². The first-order chi connectivity index (χ1) is 6.02. The summed E-state index contributed by atoms with van der Waals surface area (Å²) in [6.45, 7) is 4.71. The Morgan fingerprint density at radius 1 is 1.92 bits per heavy atom. The van der Waals surface area contributed by atoms with Crippen LogP contribution in [0.2, 0.25) is 0 Å². The molecule has 1 aromatic heterocycles.